The Bertz CT molecular complexity index is 375. The summed E-state index contributed by atoms with van der Waals surface area (Å²) in [5, 5.41) is -0.322. The van der Waals surface area contributed by atoms with Crippen molar-refractivity contribution in [2.45, 2.75) is 18.8 Å². The van der Waals surface area contributed by atoms with E-state index in [0.29, 0.717) is 10.6 Å². The second kappa shape index (κ2) is 5.51. The summed E-state index contributed by atoms with van der Waals surface area (Å²) in [4.78, 5) is 12.8. The molecule has 1 atom stereocenters. The summed E-state index contributed by atoms with van der Waals surface area (Å²) in [6.07, 6.45) is 0. The van der Waals surface area contributed by atoms with E-state index in [2.05, 4.69) is 0 Å². The Morgan fingerprint density at radius 3 is 2.69 bits per heavy atom. The number of halogens is 3. The Hall–Kier alpha value is -0.800. The van der Waals surface area contributed by atoms with Gasteiger partial charge in [0.25, 0.3) is 0 Å². The predicted octanol–water partition coefficient (Wildman–Crippen LogP) is 3.06. The van der Waals surface area contributed by atoms with Crippen LogP contribution in [0.4, 0.5) is 4.39 Å². The molecular weight excluding hydrogens is 252 g/mol. The third-order valence-electron chi connectivity index (χ3n) is 2.17. The minimum Gasteiger partial charge on any atom is -0.340 e. The van der Waals surface area contributed by atoms with Gasteiger partial charge in [0.05, 0.1) is 0 Å². The smallest absolute Gasteiger partial charge is 0.240 e. The maximum Gasteiger partial charge on any atom is 0.240 e. The first-order chi connectivity index (χ1) is 7.43. The van der Waals surface area contributed by atoms with Crippen molar-refractivity contribution in [1.29, 1.82) is 0 Å². The molecule has 0 bridgehead atoms. The van der Waals surface area contributed by atoms with Crippen molar-refractivity contribution in [3.8, 4) is 0 Å². The van der Waals surface area contributed by atoms with Crippen LogP contribution < -0.4 is 0 Å². The number of hydrogen-bond acceptors (Lipinski definition) is 1. The fraction of sp³-hybridized carbons (Fsp3) is 0.364. The van der Waals surface area contributed by atoms with Crippen LogP contribution in [0.2, 0.25) is 5.02 Å². The summed E-state index contributed by atoms with van der Waals surface area (Å²) in [7, 11) is 1.56. The molecule has 16 heavy (non-hydrogen) atoms. The lowest BCUT2D eigenvalue weighted by Crippen LogP contribution is -2.32. The average molecular weight is 264 g/mol. The van der Waals surface area contributed by atoms with Crippen LogP contribution in [0, 0.1) is 5.82 Å². The summed E-state index contributed by atoms with van der Waals surface area (Å²) in [5.41, 5.74) is 0.303. The van der Waals surface area contributed by atoms with Crippen molar-refractivity contribution >= 4 is 29.1 Å². The van der Waals surface area contributed by atoms with Gasteiger partial charge in [-0.1, -0.05) is 17.7 Å². The van der Waals surface area contributed by atoms with Gasteiger partial charge in [0.1, 0.15) is 11.2 Å². The zero-order chi connectivity index (χ0) is 12.3. The molecule has 5 heteroatoms. The normalized spacial score (nSPS) is 12.3. The SMILES string of the molecule is C[C@H](Cl)C(=O)N(C)Cc1c(F)cccc1Cl. The summed E-state index contributed by atoms with van der Waals surface area (Å²) < 4.78 is 13.4. The molecule has 0 saturated carbocycles. The standard InChI is InChI=1S/C11H12Cl2FNO/c1-7(12)11(16)15(2)6-8-9(13)4-3-5-10(8)14/h3-5,7H,6H2,1-2H3/t7-/m0/s1. The van der Waals surface area contributed by atoms with Crippen LogP contribution in [-0.4, -0.2) is 23.2 Å². The molecule has 1 rings (SSSR count). The van der Waals surface area contributed by atoms with Gasteiger partial charge >= 0.3 is 0 Å². The number of rotatable bonds is 3. The number of alkyl halides is 1. The summed E-state index contributed by atoms with van der Waals surface area (Å²) >= 11 is 11.5. The molecule has 0 aliphatic heterocycles. The Morgan fingerprint density at radius 2 is 2.19 bits per heavy atom. The van der Waals surface area contributed by atoms with Crippen molar-refractivity contribution in [3.63, 3.8) is 0 Å². The molecule has 1 aromatic rings. The Labute approximate surface area is 104 Å². The zero-order valence-corrected chi connectivity index (χ0v) is 10.5. The lowest BCUT2D eigenvalue weighted by atomic mass is 10.2. The van der Waals surface area contributed by atoms with Gasteiger partial charge in [0, 0.05) is 24.2 Å². The monoisotopic (exact) mass is 263 g/mol. The molecular formula is C11H12Cl2FNO. The summed E-state index contributed by atoms with van der Waals surface area (Å²) in [6.45, 7) is 1.69. The molecule has 0 N–H and O–H groups in total. The second-order valence-corrected chi connectivity index (χ2v) is 4.57. The van der Waals surface area contributed by atoms with E-state index in [1.807, 2.05) is 0 Å². The molecule has 2 nitrogen and oxygen atoms in total. The molecule has 0 aliphatic carbocycles. The number of benzene rings is 1. The molecule has 0 aliphatic rings. The van der Waals surface area contributed by atoms with Crippen LogP contribution >= 0.6 is 23.2 Å². The van der Waals surface area contributed by atoms with Crippen LogP contribution in [-0.2, 0) is 11.3 Å². The van der Waals surface area contributed by atoms with Gasteiger partial charge in [-0.25, -0.2) is 4.39 Å². The first kappa shape index (κ1) is 13.3. The highest BCUT2D eigenvalue weighted by atomic mass is 35.5. The van der Waals surface area contributed by atoms with E-state index in [1.165, 1.54) is 17.0 Å². The van der Waals surface area contributed by atoms with Crippen LogP contribution in [0.1, 0.15) is 12.5 Å². The van der Waals surface area contributed by atoms with Crippen molar-refractivity contribution in [3.05, 3.63) is 34.6 Å². The van der Waals surface area contributed by atoms with Gasteiger partial charge < -0.3 is 4.90 Å². The van der Waals surface area contributed by atoms with Gasteiger partial charge in [-0.15, -0.1) is 11.6 Å². The lowest BCUT2D eigenvalue weighted by molar-refractivity contribution is -0.129. The van der Waals surface area contributed by atoms with E-state index in [0.717, 1.165) is 0 Å². The third-order valence-corrected chi connectivity index (χ3v) is 2.71. The maximum absolute atomic E-state index is 13.4. The van der Waals surface area contributed by atoms with Crippen LogP contribution in [0.15, 0.2) is 18.2 Å². The number of carbonyl (C=O) groups excluding carboxylic acids is 1. The quantitative estimate of drug-likeness (QED) is 0.768. The Kier molecular flexibility index (Phi) is 4.56. The summed E-state index contributed by atoms with van der Waals surface area (Å²) in [5.74, 6) is -0.685. The minimum absolute atomic E-state index is 0.113. The molecule has 1 amide bonds. The van der Waals surface area contributed by atoms with Crippen molar-refractivity contribution in [1.82, 2.24) is 4.90 Å². The highest BCUT2D eigenvalue weighted by molar-refractivity contribution is 6.31. The molecule has 88 valence electrons. The van der Waals surface area contributed by atoms with Crippen molar-refractivity contribution < 1.29 is 9.18 Å². The second-order valence-electron chi connectivity index (χ2n) is 3.51. The average Bonchev–Trinajstić information content (AvgIpc) is 2.22. The van der Waals surface area contributed by atoms with E-state index >= 15 is 0 Å². The highest BCUT2D eigenvalue weighted by Gasteiger charge is 2.17. The van der Waals surface area contributed by atoms with Gasteiger partial charge in [0.15, 0.2) is 0 Å². The number of amides is 1. The van der Waals surface area contributed by atoms with E-state index in [4.69, 9.17) is 23.2 Å². The van der Waals surface area contributed by atoms with Crippen LogP contribution in [0.5, 0.6) is 0 Å². The fourth-order valence-corrected chi connectivity index (χ4v) is 1.69. The minimum atomic E-state index is -0.629. The molecule has 0 radical (unpaired) electrons. The van der Waals surface area contributed by atoms with E-state index < -0.39 is 11.2 Å². The topological polar surface area (TPSA) is 20.3 Å². The van der Waals surface area contributed by atoms with E-state index in [1.54, 1.807) is 20.0 Å². The molecule has 0 aromatic heterocycles. The van der Waals surface area contributed by atoms with Crippen molar-refractivity contribution in [2.75, 3.05) is 7.05 Å². The first-order valence-corrected chi connectivity index (χ1v) is 5.57. The Morgan fingerprint density at radius 1 is 1.56 bits per heavy atom. The lowest BCUT2D eigenvalue weighted by Gasteiger charge is -2.19. The molecule has 0 unspecified atom stereocenters. The fourth-order valence-electron chi connectivity index (χ4n) is 1.30. The maximum atomic E-state index is 13.4. The van der Waals surface area contributed by atoms with Crippen molar-refractivity contribution in [2.24, 2.45) is 0 Å². The van der Waals surface area contributed by atoms with Crippen LogP contribution in [0.3, 0.4) is 0 Å². The number of hydrogen-bond donors (Lipinski definition) is 0. The van der Waals surface area contributed by atoms with Gasteiger partial charge in [-0.05, 0) is 19.1 Å². The Balaban J connectivity index is 2.85. The predicted molar refractivity (Wildman–Crippen MR) is 63.2 cm³/mol. The summed E-state index contributed by atoms with van der Waals surface area (Å²) in [6, 6.07) is 4.42. The number of carbonyl (C=O) groups is 1. The number of nitrogens with zero attached hydrogens (tertiary/aromatic N) is 1. The highest BCUT2D eigenvalue weighted by Crippen LogP contribution is 2.20. The molecule has 0 saturated heterocycles. The van der Waals surface area contributed by atoms with Crippen LogP contribution in [0.25, 0.3) is 0 Å². The zero-order valence-electron chi connectivity index (χ0n) is 9.01. The largest absolute Gasteiger partial charge is 0.340 e. The van der Waals surface area contributed by atoms with E-state index in [9.17, 15) is 9.18 Å². The third kappa shape index (κ3) is 3.09. The van der Waals surface area contributed by atoms with Gasteiger partial charge in [0.2, 0.25) is 5.91 Å². The van der Waals surface area contributed by atoms with E-state index in [-0.39, 0.29) is 12.5 Å². The molecule has 0 fully saturated rings. The van der Waals surface area contributed by atoms with Gasteiger partial charge in [-0.2, -0.15) is 0 Å². The van der Waals surface area contributed by atoms with Gasteiger partial charge in [-0.3, -0.25) is 4.79 Å². The molecule has 0 heterocycles. The molecule has 1 aromatic carbocycles. The molecule has 0 spiro atoms. The first-order valence-electron chi connectivity index (χ1n) is 4.75.